The summed E-state index contributed by atoms with van der Waals surface area (Å²) in [5, 5.41) is 8.69. The van der Waals surface area contributed by atoms with Gasteiger partial charge in [0.2, 0.25) is 0 Å². The molecule has 5 heteroatoms. The summed E-state index contributed by atoms with van der Waals surface area (Å²) in [4.78, 5) is 15.7. The number of ether oxygens (including phenoxy) is 1. The first-order valence-electron chi connectivity index (χ1n) is 5.75. The molecule has 3 rings (SSSR count). The highest BCUT2D eigenvalue weighted by atomic mass is 16.5. The topological polar surface area (TPSA) is 67.9 Å². The van der Waals surface area contributed by atoms with Crippen molar-refractivity contribution in [2.75, 3.05) is 7.11 Å². The first-order chi connectivity index (χ1) is 9.29. The van der Waals surface area contributed by atoms with Gasteiger partial charge >= 0.3 is 5.97 Å². The lowest BCUT2D eigenvalue weighted by Crippen LogP contribution is -2.03. The fraction of sp³-hybridized carbons (Fsp3) is 0.0714. The molecule has 0 unspecified atom stereocenters. The smallest absolute Gasteiger partial charge is 0.356 e. The van der Waals surface area contributed by atoms with E-state index < -0.39 is 5.97 Å². The molecular weight excluding hydrogens is 242 g/mol. The fourth-order valence-corrected chi connectivity index (χ4v) is 2.01. The third-order valence-corrected chi connectivity index (χ3v) is 2.98. The summed E-state index contributed by atoms with van der Waals surface area (Å²) in [6.07, 6.45) is 5.16. The molecule has 0 saturated carbocycles. The van der Waals surface area contributed by atoms with Crippen LogP contribution in [0.25, 0.3) is 21.9 Å². The number of aromatic amines is 1. The zero-order chi connectivity index (χ0) is 13.2. The number of benzene rings is 1. The summed E-state index contributed by atoms with van der Waals surface area (Å²) >= 11 is 0. The number of aromatic nitrogens is 3. The molecule has 2 aromatic heterocycles. The normalized spacial score (nSPS) is 10.6. The number of pyridine rings is 1. The molecule has 2 heterocycles. The minimum absolute atomic E-state index is 0.357. The van der Waals surface area contributed by atoms with Crippen LogP contribution in [-0.4, -0.2) is 28.3 Å². The molecule has 0 spiro atoms. The molecule has 0 bridgehead atoms. The van der Waals surface area contributed by atoms with Gasteiger partial charge in [0.15, 0.2) is 5.69 Å². The highest BCUT2D eigenvalue weighted by Crippen LogP contribution is 2.26. The van der Waals surface area contributed by atoms with Gasteiger partial charge in [-0.05, 0) is 23.1 Å². The molecular formula is C14H11N3O2. The van der Waals surface area contributed by atoms with Crippen molar-refractivity contribution in [1.82, 2.24) is 15.2 Å². The Labute approximate surface area is 109 Å². The Hall–Kier alpha value is -2.69. The Kier molecular flexibility index (Phi) is 2.72. The Morgan fingerprint density at radius 1 is 1.21 bits per heavy atom. The van der Waals surface area contributed by atoms with Gasteiger partial charge in [-0.1, -0.05) is 12.1 Å². The number of hydrogen-bond acceptors (Lipinski definition) is 4. The maximum absolute atomic E-state index is 11.6. The molecule has 0 radical (unpaired) electrons. The summed E-state index contributed by atoms with van der Waals surface area (Å²) in [6.45, 7) is 0. The molecule has 0 saturated heterocycles. The second kappa shape index (κ2) is 4.53. The Morgan fingerprint density at radius 3 is 2.95 bits per heavy atom. The first-order valence-corrected chi connectivity index (χ1v) is 5.75. The van der Waals surface area contributed by atoms with E-state index in [4.69, 9.17) is 4.74 Å². The lowest BCUT2D eigenvalue weighted by atomic mass is 10.0. The average Bonchev–Trinajstić information content (AvgIpc) is 2.95. The van der Waals surface area contributed by atoms with Gasteiger partial charge in [0, 0.05) is 23.3 Å². The van der Waals surface area contributed by atoms with E-state index >= 15 is 0 Å². The molecule has 0 aliphatic rings. The van der Waals surface area contributed by atoms with Gasteiger partial charge < -0.3 is 4.74 Å². The van der Waals surface area contributed by atoms with Crippen LogP contribution in [0.1, 0.15) is 10.5 Å². The van der Waals surface area contributed by atoms with Crippen LogP contribution in [0.15, 0.2) is 42.9 Å². The van der Waals surface area contributed by atoms with Gasteiger partial charge in [0.25, 0.3) is 0 Å². The molecule has 0 amide bonds. The van der Waals surface area contributed by atoms with E-state index in [0.717, 1.165) is 21.9 Å². The summed E-state index contributed by atoms with van der Waals surface area (Å²) in [7, 11) is 1.35. The second-order valence-electron chi connectivity index (χ2n) is 4.09. The standard InChI is InChI=1S/C14H11N3O2/c1-19-14(18)13-12(8-16-17-13)10-2-3-11-7-15-5-4-9(11)6-10/h2-8H,1H3,(H,16,17). The van der Waals surface area contributed by atoms with Crippen molar-refractivity contribution < 1.29 is 9.53 Å². The number of carbonyl (C=O) groups is 1. The predicted octanol–water partition coefficient (Wildman–Crippen LogP) is 2.41. The number of hydrogen-bond donors (Lipinski definition) is 1. The van der Waals surface area contributed by atoms with E-state index in [9.17, 15) is 4.79 Å². The highest BCUT2D eigenvalue weighted by molar-refractivity contribution is 5.96. The number of rotatable bonds is 2. The minimum Gasteiger partial charge on any atom is -0.464 e. The summed E-state index contributed by atoms with van der Waals surface area (Å²) in [5.41, 5.74) is 1.99. The molecule has 5 nitrogen and oxygen atoms in total. The van der Waals surface area contributed by atoms with Crippen molar-refractivity contribution in [3.63, 3.8) is 0 Å². The van der Waals surface area contributed by atoms with Crippen molar-refractivity contribution in [3.05, 3.63) is 48.5 Å². The summed E-state index contributed by atoms with van der Waals surface area (Å²) in [5.74, 6) is -0.428. The van der Waals surface area contributed by atoms with E-state index in [2.05, 4.69) is 15.2 Å². The fourth-order valence-electron chi connectivity index (χ4n) is 2.01. The van der Waals surface area contributed by atoms with E-state index in [0.29, 0.717) is 5.69 Å². The Morgan fingerprint density at radius 2 is 2.11 bits per heavy atom. The highest BCUT2D eigenvalue weighted by Gasteiger charge is 2.15. The van der Waals surface area contributed by atoms with E-state index in [1.54, 1.807) is 18.6 Å². The molecule has 0 atom stereocenters. The number of fused-ring (bicyclic) bond motifs is 1. The molecule has 1 N–H and O–H groups in total. The van der Waals surface area contributed by atoms with E-state index in [1.165, 1.54) is 7.11 Å². The molecule has 3 aromatic rings. The Balaban J connectivity index is 2.14. The van der Waals surface area contributed by atoms with Gasteiger partial charge in [-0.2, -0.15) is 5.10 Å². The SMILES string of the molecule is COC(=O)c1[nH]ncc1-c1ccc2cnccc2c1. The summed E-state index contributed by atoms with van der Waals surface area (Å²) in [6, 6.07) is 7.82. The van der Waals surface area contributed by atoms with Crippen molar-refractivity contribution in [2.45, 2.75) is 0 Å². The Bertz CT molecular complexity index is 749. The van der Waals surface area contributed by atoms with Gasteiger partial charge in [0.1, 0.15) is 0 Å². The maximum Gasteiger partial charge on any atom is 0.356 e. The van der Waals surface area contributed by atoms with Gasteiger partial charge in [-0.15, -0.1) is 0 Å². The van der Waals surface area contributed by atoms with Crippen molar-refractivity contribution in [3.8, 4) is 11.1 Å². The number of nitrogens with zero attached hydrogens (tertiary/aromatic N) is 2. The van der Waals surface area contributed by atoms with Crippen LogP contribution in [0.2, 0.25) is 0 Å². The lowest BCUT2D eigenvalue weighted by Gasteiger charge is -2.03. The third-order valence-electron chi connectivity index (χ3n) is 2.98. The van der Waals surface area contributed by atoms with Crippen molar-refractivity contribution in [1.29, 1.82) is 0 Å². The van der Waals surface area contributed by atoms with Gasteiger partial charge in [-0.25, -0.2) is 4.79 Å². The molecule has 0 aliphatic heterocycles. The first kappa shape index (κ1) is 11.4. The largest absolute Gasteiger partial charge is 0.464 e. The zero-order valence-corrected chi connectivity index (χ0v) is 10.3. The van der Waals surface area contributed by atoms with E-state index in [1.807, 2.05) is 24.3 Å². The molecule has 1 aromatic carbocycles. The third kappa shape index (κ3) is 1.95. The van der Waals surface area contributed by atoms with Crippen LogP contribution >= 0.6 is 0 Å². The second-order valence-corrected chi connectivity index (χ2v) is 4.09. The number of nitrogens with one attached hydrogen (secondary N) is 1. The number of carbonyl (C=O) groups excluding carboxylic acids is 1. The van der Waals surface area contributed by atoms with E-state index in [-0.39, 0.29) is 0 Å². The zero-order valence-electron chi connectivity index (χ0n) is 10.3. The van der Waals surface area contributed by atoms with Crippen molar-refractivity contribution in [2.24, 2.45) is 0 Å². The van der Waals surface area contributed by atoms with Crippen LogP contribution in [-0.2, 0) is 4.74 Å². The average molecular weight is 253 g/mol. The van der Waals surface area contributed by atoms with Crippen LogP contribution in [0.5, 0.6) is 0 Å². The molecule has 94 valence electrons. The number of esters is 1. The van der Waals surface area contributed by atoms with Crippen LogP contribution in [0.3, 0.4) is 0 Å². The molecule has 19 heavy (non-hydrogen) atoms. The quantitative estimate of drug-likeness (QED) is 0.712. The molecule has 0 aliphatic carbocycles. The number of methoxy groups -OCH3 is 1. The lowest BCUT2D eigenvalue weighted by molar-refractivity contribution is 0.0595. The maximum atomic E-state index is 11.6. The number of H-pyrrole nitrogens is 1. The minimum atomic E-state index is -0.428. The predicted molar refractivity (Wildman–Crippen MR) is 70.7 cm³/mol. The van der Waals surface area contributed by atoms with Crippen molar-refractivity contribution >= 4 is 16.7 Å². The van der Waals surface area contributed by atoms with Crippen LogP contribution in [0, 0.1) is 0 Å². The van der Waals surface area contributed by atoms with Gasteiger partial charge in [-0.3, -0.25) is 10.1 Å². The summed E-state index contributed by atoms with van der Waals surface area (Å²) < 4.78 is 4.72. The van der Waals surface area contributed by atoms with Crippen LogP contribution < -0.4 is 0 Å². The molecule has 0 fully saturated rings. The monoisotopic (exact) mass is 253 g/mol. The van der Waals surface area contributed by atoms with Gasteiger partial charge in [0.05, 0.1) is 13.3 Å². The van der Waals surface area contributed by atoms with Crippen LogP contribution in [0.4, 0.5) is 0 Å².